The zero-order valence-electron chi connectivity index (χ0n) is 10.2. The highest BCUT2D eigenvalue weighted by atomic mass is 16.5. The number of rotatable bonds is 3. The summed E-state index contributed by atoms with van der Waals surface area (Å²) in [4.78, 5) is 10.6. The van der Waals surface area contributed by atoms with Gasteiger partial charge in [-0.2, -0.15) is 4.98 Å². The van der Waals surface area contributed by atoms with E-state index in [9.17, 15) is 0 Å². The summed E-state index contributed by atoms with van der Waals surface area (Å²) in [7, 11) is 3.54. The van der Waals surface area contributed by atoms with Gasteiger partial charge in [-0.15, -0.1) is 0 Å². The minimum absolute atomic E-state index is 0.579. The summed E-state index contributed by atoms with van der Waals surface area (Å²) in [6.07, 6.45) is 0. The van der Waals surface area contributed by atoms with Crippen LogP contribution < -0.4 is 9.64 Å². The van der Waals surface area contributed by atoms with E-state index in [0.717, 1.165) is 11.4 Å². The third-order valence-corrected chi connectivity index (χ3v) is 2.47. The average Bonchev–Trinajstić information content (AvgIpc) is 2.38. The van der Waals surface area contributed by atoms with Crippen LogP contribution in [0.25, 0.3) is 0 Å². The molecule has 0 unspecified atom stereocenters. The smallest absolute Gasteiger partial charge is 0.233 e. The van der Waals surface area contributed by atoms with E-state index in [-0.39, 0.29) is 0 Å². The Morgan fingerprint density at radius 1 is 1.12 bits per heavy atom. The van der Waals surface area contributed by atoms with Crippen LogP contribution in [0.4, 0.5) is 11.6 Å². The molecule has 4 heteroatoms. The molecule has 0 amide bonds. The molecule has 1 heterocycles. The lowest BCUT2D eigenvalue weighted by Crippen LogP contribution is -2.13. The molecule has 88 valence electrons. The van der Waals surface area contributed by atoms with Crippen LogP contribution in [-0.4, -0.2) is 24.1 Å². The summed E-state index contributed by atoms with van der Waals surface area (Å²) in [5.41, 5.74) is 1.93. The first-order chi connectivity index (χ1) is 8.20. The number of hydrogen-bond donors (Lipinski definition) is 0. The molecule has 1 aromatic carbocycles. The van der Waals surface area contributed by atoms with Gasteiger partial charge in [0.2, 0.25) is 11.8 Å². The molecule has 0 radical (unpaired) electrons. The van der Waals surface area contributed by atoms with Gasteiger partial charge >= 0.3 is 0 Å². The van der Waals surface area contributed by atoms with E-state index in [4.69, 9.17) is 4.74 Å². The number of ether oxygens (including phenoxy) is 1. The van der Waals surface area contributed by atoms with Gasteiger partial charge in [0.15, 0.2) is 0 Å². The molecule has 2 aromatic rings. The quantitative estimate of drug-likeness (QED) is 0.810. The second-order valence-corrected chi connectivity index (χ2v) is 3.75. The standard InChI is InChI=1S/C13H15N3O/c1-10-9-12(17-3)15-13(14-10)16(2)11-7-5-4-6-8-11/h4-9H,1-3H3. The number of anilines is 2. The number of nitrogens with zero attached hydrogens (tertiary/aromatic N) is 3. The minimum Gasteiger partial charge on any atom is -0.481 e. The van der Waals surface area contributed by atoms with Crippen molar-refractivity contribution in [2.75, 3.05) is 19.1 Å². The molecule has 0 saturated heterocycles. The number of aryl methyl sites for hydroxylation is 1. The third-order valence-electron chi connectivity index (χ3n) is 2.47. The van der Waals surface area contributed by atoms with E-state index >= 15 is 0 Å². The molecule has 0 aliphatic carbocycles. The Kier molecular flexibility index (Phi) is 3.23. The number of benzene rings is 1. The Morgan fingerprint density at radius 2 is 1.82 bits per heavy atom. The predicted octanol–water partition coefficient (Wildman–Crippen LogP) is 2.56. The average molecular weight is 229 g/mol. The summed E-state index contributed by atoms with van der Waals surface area (Å²) < 4.78 is 5.14. The van der Waals surface area contributed by atoms with Crippen molar-refractivity contribution in [3.05, 3.63) is 42.1 Å². The summed E-state index contributed by atoms with van der Waals surface area (Å²) in [5.74, 6) is 1.21. The topological polar surface area (TPSA) is 38.2 Å². The van der Waals surface area contributed by atoms with Crippen molar-refractivity contribution in [2.45, 2.75) is 6.92 Å². The molecule has 0 spiro atoms. The molecule has 0 saturated carbocycles. The van der Waals surface area contributed by atoms with Crippen molar-refractivity contribution >= 4 is 11.6 Å². The lowest BCUT2D eigenvalue weighted by Gasteiger charge is -2.17. The monoisotopic (exact) mass is 229 g/mol. The molecule has 4 nitrogen and oxygen atoms in total. The van der Waals surface area contributed by atoms with E-state index in [1.807, 2.05) is 55.3 Å². The van der Waals surface area contributed by atoms with Crippen molar-refractivity contribution in [2.24, 2.45) is 0 Å². The summed E-state index contributed by atoms with van der Waals surface area (Å²) >= 11 is 0. The maximum Gasteiger partial charge on any atom is 0.233 e. The van der Waals surface area contributed by atoms with E-state index in [2.05, 4.69) is 9.97 Å². The Morgan fingerprint density at radius 3 is 2.47 bits per heavy atom. The first kappa shape index (κ1) is 11.4. The third kappa shape index (κ3) is 2.53. The van der Waals surface area contributed by atoms with Crippen LogP contribution in [0.2, 0.25) is 0 Å². The molecule has 0 N–H and O–H groups in total. The molecule has 0 atom stereocenters. The van der Waals surface area contributed by atoms with Crippen LogP contribution >= 0.6 is 0 Å². The second kappa shape index (κ2) is 4.82. The Balaban J connectivity index is 2.37. The highest BCUT2D eigenvalue weighted by Crippen LogP contribution is 2.21. The number of methoxy groups -OCH3 is 1. The number of aromatic nitrogens is 2. The lowest BCUT2D eigenvalue weighted by molar-refractivity contribution is 0.396. The van der Waals surface area contributed by atoms with Gasteiger partial charge in [-0.05, 0) is 19.1 Å². The molecular weight excluding hydrogens is 214 g/mol. The van der Waals surface area contributed by atoms with Gasteiger partial charge in [-0.25, -0.2) is 4.98 Å². The zero-order valence-corrected chi connectivity index (χ0v) is 10.2. The van der Waals surface area contributed by atoms with Gasteiger partial charge < -0.3 is 9.64 Å². The van der Waals surface area contributed by atoms with Crippen molar-refractivity contribution < 1.29 is 4.74 Å². The van der Waals surface area contributed by atoms with Crippen molar-refractivity contribution in [1.82, 2.24) is 9.97 Å². The zero-order chi connectivity index (χ0) is 12.3. The summed E-state index contributed by atoms with van der Waals surface area (Å²) in [6, 6.07) is 11.8. The normalized spacial score (nSPS) is 10.1. The molecule has 2 rings (SSSR count). The van der Waals surface area contributed by atoms with E-state index in [1.54, 1.807) is 7.11 Å². The predicted molar refractivity (Wildman–Crippen MR) is 67.8 cm³/mol. The van der Waals surface area contributed by atoms with E-state index < -0.39 is 0 Å². The molecule has 1 aromatic heterocycles. The first-order valence-corrected chi connectivity index (χ1v) is 5.39. The maximum atomic E-state index is 5.14. The van der Waals surface area contributed by atoms with Crippen LogP contribution in [0.5, 0.6) is 5.88 Å². The van der Waals surface area contributed by atoms with Gasteiger partial charge in [0.25, 0.3) is 0 Å². The first-order valence-electron chi connectivity index (χ1n) is 5.39. The van der Waals surface area contributed by atoms with Crippen LogP contribution in [-0.2, 0) is 0 Å². The lowest BCUT2D eigenvalue weighted by atomic mass is 10.3. The van der Waals surface area contributed by atoms with Gasteiger partial charge in [-0.3, -0.25) is 0 Å². The van der Waals surface area contributed by atoms with E-state index in [1.165, 1.54) is 0 Å². The molecular formula is C13H15N3O. The largest absolute Gasteiger partial charge is 0.481 e. The van der Waals surface area contributed by atoms with Crippen LogP contribution in [0.1, 0.15) is 5.69 Å². The highest BCUT2D eigenvalue weighted by Gasteiger charge is 2.08. The molecule has 17 heavy (non-hydrogen) atoms. The van der Waals surface area contributed by atoms with Crippen LogP contribution in [0.15, 0.2) is 36.4 Å². The van der Waals surface area contributed by atoms with Gasteiger partial charge in [0, 0.05) is 24.5 Å². The van der Waals surface area contributed by atoms with Gasteiger partial charge in [0.05, 0.1) is 7.11 Å². The molecule has 0 bridgehead atoms. The Hall–Kier alpha value is -2.10. The van der Waals surface area contributed by atoms with Gasteiger partial charge in [0.1, 0.15) is 0 Å². The maximum absolute atomic E-state index is 5.14. The fourth-order valence-electron chi connectivity index (χ4n) is 1.55. The summed E-state index contributed by atoms with van der Waals surface area (Å²) in [6.45, 7) is 1.92. The van der Waals surface area contributed by atoms with Crippen LogP contribution in [0, 0.1) is 6.92 Å². The summed E-state index contributed by atoms with van der Waals surface area (Å²) in [5, 5.41) is 0. The molecule has 0 fully saturated rings. The Bertz CT molecular complexity index is 499. The molecule has 0 aliphatic heterocycles. The number of hydrogen-bond acceptors (Lipinski definition) is 4. The fourth-order valence-corrected chi connectivity index (χ4v) is 1.55. The molecule has 0 aliphatic rings. The van der Waals surface area contributed by atoms with Crippen molar-refractivity contribution in [3.63, 3.8) is 0 Å². The second-order valence-electron chi connectivity index (χ2n) is 3.75. The highest BCUT2D eigenvalue weighted by molar-refractivity contribution is 5.56. The van der Waals surface area contributed by atoms with Crippen LogP contribution in [0.3, 0.4) is 0 Å². The number of para-hydroxylation sites is 1. The SMILES string of the molecule is COc1cc(C)nc(N(C)c2ccccc2)n1. The minimum atomic E-state index is 0.579. The van der Waals surface area contributed by atoms with Gasteiger partial charge in [-0.1, -0.05) is 18.2 Å². The Labute approximate surface area is 101 Å². The van der Waals surface area contributed by atoms with E-state index in [0.29, 0.717) is 11.8 Å². The van der Waals surface area contributed by atoms with Crippen molar-refractivity contribution in [3.8, 4) is 5.88 Å². The fraction of sp³-hybridized carbons (Fsp3) is 0.231. The van der Waals surface area contributed by atoms with Crippen molar-refractivity contribution in [1.29, 1.82) is 0 Å².